The zero-order valence-corrected chi connectivity index (χ0v) is 15.7. The number of halogens is 1. The number of piperazine rings is 1. The van der Waals surface area contributed by atoms with Crippen molar-refractivity contribution in [2.45, 2.75) is 0 Å². The molecule has 27 heavy (non-hydrogen) atoms. The summed E-state index contributed by atoms with van der Waals surface area (Å²) in [6.45, 7) is 4.33. The largest absolute Gasteiger partial charge is 0.369 e. The predicted molar refractivity (Wildman–Crippen MR) is 111 cm³/mol. The molecule has 1 saturated heterocycles. The molecule has 2 aliphatic heterocycles. The molecule has 0 radical (unpaired) electrons. The minimum atomic E-state index is 0.110. The molecule has 0 bridgehead atoms. The summed E-state index contributed by atoms with van der Waals surface area (Å²) in [6, 6.07) is 20.1. The first-order valence-corrected chi connectivity index (χ1v) is 9.65. The summed E-state index contributed by atoms with van der Waals surface area (Å²) in [7, 11) is 0. The minimum absolute atomic E-state index is 0.110. The van der Waals surface area contributed by atoms with Crippen molar-refractivity contribution in [3.05, 3.63) is 71.2 Å². The summed E-state index contributed by atoms with van der Waals surface area (Å²) >= 11 is 6.12. The van der Waals surface area contributed by atoms with Gasteiger partial charge in [-0.05, 0) is 35.7 Å². The van der Waals surface area contributed by atoms with Crippen LogP contribution in [-0.2, 0) is 0 Å². The topological polar surface area (TPSA) is 26.8 Å². The van der Waals surface area contributed by atoms with Gasteiger partial charge in [-0.1, -0.05) is 41.9 Å². The molecule has 4 nitrogen and oxygen atoms in total. The van der Waals surface area contributed by atoms with Gasteiger partial charge < -0.3 is 4.90 Å². The Hall–Kier alpha value is -2.56. The van der Waals surface area contributed by atoms with Gasteiger partial charge in [0.1, 0.15) is 0 Å². The summed E-state index contributed by atoms with van der Waals surface area (Å²) in [5.74, 6) is 0.110. The number of hydrogen-bond donors (Lipinski definition) is 0. The van der Waals surface area contributed by atoms with Gasteiger partial charge in [0, 0.05) is 47.8 Å². The number of nitrogens with zero attached hydrogens (tertiary/aromatic N) is 3. The van der Waals surface area contributed by atoms with Crippen LogP contribution >= 0.6 is 11.6 Å². The van der Waals surface area contributed by atoms with Crippen LogP contribution in [0.5, 0.6) is 0 Å². The Bertz CT molecular complexity index is 1020. The molecule has 5 heteroatoms. The van der Waals surface area contributed by atoms with Crippen LogP contribution in [0.4, 0.5) is 11.4 Å². The number of benzene rings is 3. The third-order valence-electron chi connectivity index (χ3n) is 5.54. The molecule has 0 unspecified atom stereocenters. The fraction of sp³-hybridized carbons (Fsp3) is 0.227. The average molecular weight is 378 g/mol. The molecule has 5 rings (SSSR count). The van der Waals surface area contributed by atoms with E-state index in [0.29, 0.717) is 6.67 Å². The molecular formula is C22H20ClN3O. The standard InChI is InChI=1S/C22H20ClN3O/c23-17-6-3-7-18(14-17)25-12-10-24(11-13-25)15-26-20-9-2-5-16-4-1-8-19(21(16)20)22(26)27/h1-9,14H,10-13,15H2. The highest BCUT2D eigenvalue weighted by Gasteiger charge is 2.31. The van der Waals surface area contributed by atoms with Crippen LogP contribution in [0.2, 0.25) is 5.02 Å². The maximum atomic E-state index is 12.9. The highest BCUT2D eigenvalue weighted by molar-refractivity contribution is 6.30. The zero-order valence-electron chi connectivity index (χ0n) is 14.9. The first-order valence-electron chi connectivity index (χ1n) is 9.27. The van der Waals surface area contributed by atoms with Gasteiger partial charge in [0.15, 0.2) is 0 Å². The van der Waals surface area contributed by atoms with Crippen LogP contribution in [-0.4, -0.2) is 43.7 Å². The van der Waals surface area contributed by atoms with Gasteiger partial charge in [0.2, 0.25) is 0 Å². The van der Waals surface area contributed by atoms with Crippen LogP contribution < -0.4 is 9.80 Å². The Labute approximate surface area is 163 Å². The Balaban J connectivity index is 1.32. The third-order valence-corrected chi connectivity index (χ3v) is 5.77. The summed E-state index contributed by atoms with van der Waals surface area (Å²) in [5, 5.41) is 2.98. The van der Waals surface area contributed by atoms with Crippen molar-refractivity contribution in [1.82, 2.24) is 4.90 Å². The van der Waals surface area contributed by atoms with E-state index < -0.39 is 0 Å². The molecule has 0 N–H and O–H groups in total. The van der Waals surface area contributed by atoms with Crippen LogP contribution in [0.15, 0.2) is 60.7 Å². The molecule has 0 aromatic heterocycles. The van der Waals surface area contributed by atoms with Gasteiger partial charge in [-0.25, -0.2) is 0 Å². The number of carbonyl (C=O) groups is 1. The molecule has 3 aromatic carbocycles. The van der Waals surface area contributed by atoms with Crippen LogP contribution in [0.3, 0.4) is 0 Å². The minimum Gasteiger partial charge on any atom is -0.369 e. The molecule has 2 heterocycles. The molecule has 1 fully saturated rings. The van der Waals surface area contributed by atoms with Crippen molar-refractivity contribution in [3.8, 4) is 0 Å². The predicted octanol–water partition coefficient (Wildman–Crippen LogP) is 4.23. The molecule has 1 amide bonds. The van der Waals surface area contributed by atoms with Crippen molar-refractivity contribution in [1.29, 1.82) is 0 Å². The van der Waals surface area contributed by atoms with Gasteiger partial charge in [-0.15, -0.1) is 0 Å². The van der Waals surface area contributed by atoms with E-state index >= 15 is 0 Å². The Morgan fingerprint density at radius 1 is 0.889 bits per heavy atom. The number of carbonyl (C=O) groups excluding carboxylic acids is 1. The van der Waals surface area contributed by atoms with E-state index in [2.05, 4.69) is 34.1 Å². The second-order valence-electron chi connectivity index (χ2n) is 7.14. The summed E-state index contributed by atoms with van der Waals surface area (Å²) in [4.78, 5) is 19.6. The van der Waals surface area contributed by atoms with Crippen molar-refractivity contribution >= 4 is 39.7 Å². The number of amides is 1. The molecule has 0 aliphatic carbocycles. The molecule has 0 spiro atoms. The highest BCUT2D eigenvalue weighted by Crippen LogP contribution is 2.37. The van der Waals surface area contributed by atoms with E-state index in [1.54, 1.807) is 0 Å². The van der Waals surface area contributed by atoms with E-state index in [1.165, 1.54) is 0 Å². The van der Waals surface area contributed by atoms with E-state index in [-0.39, 0.29) is 5.91 Å². The summed E-state index contributed by atoms with van der Waals surface area (Å²) < 4.78 is 0. The number of anilines is 2. The number of hydrogen-bond acceptors (Lipinski definition) is 3. The quantitative estimate of drug-likeness (QED) is 0.683. The Morgan fingerprint density at radius 3 is 2.41 bits per heavy atom. The summed E-state index contributed by atoms with van der Waals surface area (Å²) in [6.07, 6.45) is 0. The van der Waals surface area contributed by atoms with E-state index in [4.69, 9.17) is 11.6 Å². The van der Waals surface area contributed by atoms with E-state index in [0.717, 1.165) is 58.9 Å². The lowest BCUT2D eigenvalue weighted by molar-refractivity contribution is 0.0972. The van der Waals surface area contributed by atoms with E-state index in [9.17, 15) is 4.79 Å². The normalized spacial score (nSPS) is 17.1. The Kier molecular flexibility index (Phi) is 4.03. The fourth-order valence-corrected chi connectivity index (χ4v) is 4.32. The maximum absolute atomic E-state index is 12.9. The molecule has 3 aromatic rings. The smallest absolute Gasteiger partial charge is 0.260 e. The van der Waals surface area contributed by atoms with Gasteiger partial charge >= 0.3 is 0 Å². The zero-order chi connectivity index (χ0) is 18.4. The second kappa shape index (κ2) is 6.55. The monoisotopic (exact) mass is 377 g/mol. The molecule has 2 aliphatic rings. The Morgan fingerprint density at radius 2 is 1.63 bits per heavy atom. The molecule has 0 saturated carbocycles. The van der Waals surface area contributed by atoms with Crippen LogP contribution in [0.1, 0.15) is 10.4 Å². The van der Waals surface area contributed by atoms with Crippen molar-refractivity contribution < 1.29 is 4.79 Å². The SMILES string of the molecule is O=C1c2cccc3cccc(c23)N1CN1CCN(c2cccc(Cl)c2)CC1. The fourth-order valence-electron chi connectivity index (χ4n) is 4.14. The third kappa shape index (κ3) is 2.85. The van der Waals surface area contributed by atoms with E-state index in [1.807, 2.05) is 41.3 Å². The highest BCUT2D eigenvalue weighted by atomic mass is 35.5. The van der Waals surface area contributed by atoms with Gasteiger partial charge in [0.25, 0.3) is 5.91 Å². The summed E-state index contributed by atoms with van der Waals surface area (Å²) in [5.41, 5.74) is 3.02. The number of rotatable bonds is 3. The lowest BCUT2D eigenvalue weighted by atomic mass is 10.1. The van der Waals surface area contributed by atoms with Crippen molar-refractivity contribution in [2.24, 2.45) is 0 Å². The lowest BCUT2D eigenvalue weighted by Crippen LogP contribution is -2.50. The van der Waals surface area contributed by atoms with Crippen LogP contribution in [0.25, 0.3) is 10.8 Å². The molecule has 0 atom stereocenters. The maximum Gasteiger partial charge on any atom is 0.260 e. The van der Waals surface area contributed by atoms with Crippen molar-refractivity contribution in [2.75, 3.05) is 42.6 Å². The van der Waals surface area contributed by atoms with Crippen LogP contribution in [0, 0.1) is 0 Å². The first-order chi connectivity index (χ1) is 13.2. The second-order valence-corrected chi connectivity index (χ2v) is 7.58. The first kappa shape index (κ1) is 16.6. The van der Waals surface area contributed by atoms with Gasteiger partial charge in [-0.3, -0.25) is 14.6 Å². The average Bonchev–Trinajstić information content (AvgIpc) is 2.97. The van der Waals surface area contributed by atoms with Gasteiger partial charge in [-0.2, -0.15) is 0 Å². The molecular weight excluding hydrogens is 358 g/mol. The van der Waals surface area contributed by atoms with Gasteiger partial charge in [0.05, 0.1) is 12.4 Å². The molecule has 136 valence electrons. The lowest BCUT2D eigenvalue weighted by Gasteiger charge is -2.37. The van der Waals surface area contributed by atoms with Crippen molar-refractivity contribution in [3.63, 3.8) is 0 Å².